The molecular formula is C26H19ClFN5O2. The number of benzene rings is 3. The Morgan fingerprint density at radius 2 is 1.69 bits per heavy atom. The largest absolute Gasteiger partial charge is 0.321 e. The molecule has 3 amide bonds. The number of pyridine rings is 1. The fourth-order valence-corrected chi connectivity index (χ4v) is 4.21. The van der Waals surface area contributed by atoms with Crippen molar-refractivity contribution in [3.63, 3.8) is 0 Å². The number of rotatable bonds is 3. The summed E-state index contributed by atoms with van der Waals surface area (Å²) in [5.74, 6) is -0.962. The molecule has 0 spiro atoms. The summed E-state index contributed by atoms with van der Waals surface area (Å²) in [5.41, 5.74) is 2.65. The van der Waals surface area contributed by atoms with Crippen molar-refractivity contribution in [2.75, 3.05) is 17.3 Å². The maximum atomic E-state index is 14.8. The van der Waals surface area contributed by atoms with Gasteiger partial charge in [-0.2, -0.15) is 0 Å². The number of amides is 3. The average molecular weight is 488 g/mol. The maximum absolute atomic E-state index is 14.8. The van der Waals surface area contributed by atoms with Gasteiger partial charge in [-0.1, -0.05) is 60.1 Å². The number of nitrogens with one attached hydrogen (secondary N) is 2. The third kappa shape index (κ3) is 4.31. The van der Waals surface area contributed by atoms with E-state index in [2.05, 4.69) is 20.6 Å². The number of para-hydroxylation sites is 2. The fourth-order valence-electron chi connectivity index (χ4n) is 4.01. The van der Waals surface area contributed by atoms with Crippen LogP contribution in [0.15, 0.2) is 83.9 Å². The van der Waals surface area contributed by atoms with Gasteiger partial charge >= 0.3 is 6.03 Å². The van der Waals surface area contributed by atoms with Crippen molar-refractivity contribution in [1.82, 2.24) is 10.3 Å². The maximum Gasteiger partial charge on any atom is 0.321 e. The van der Waals surface area contributed by atoms with Crippen molar-refractivity contribution >= 4 is 51.5 Å². The summed E-state index contributed by atoms with van der Waals surface area (Å²) in [7, 11) is 1.59. The van der Waals surface area contributed by atoms with Gasteiger partial charge in [0.15, 0.2) is 0 Å². The summed E-state index contributed by atoms with van der Waals surface area (Å²) < 4.78 is 14.8. The van der Waals surface area contributed by atoms with Crippen molar-refractivity contribution in [3.8, 4) is 0 Å². The number of hydrogen-bond acceptors (Lipinski definition) is 4. The number of carbonyl (C=O) groups excluding carboxylic acids is 2. The SMILES string of the molecule is CN1C(=O)C(NC(=O)Nc2cc(Cl)nc3ccccc23)N=C(c2ccccc2F)c2ccccc21. The van der Waals surface area contributed by atoms with Crippen LogP contribution in [0.25, 0.3) is 10.9 Å². The van der Waals surface area contributed by atoms with Crippen LogP contribution in [-0.4, -0.2) is 35.8 Å². The zero-order valence-corrected chi connectivity index (χ0v) is 19.3. The highest BCUT2D eigenvalue weighted by molar-refractivity contribution is 6.30. The molecular weight excluding hydrogens is 469 g/mol. The lowest BCUT2D eigenvalue weighted by Crippen LogP contribution is -2.47. The Bertz CT molecular complexity index is 1510. The lowest BCUT2D eigenvalue weighted by atomic mass is 10.00. The standard InChI is InChI=1S/C26H19ClFN5O2/c1-33-21-13-7-4-10-17(21)23(15-8-2-5-11-18(15)28)31-24(25(33)34)32-26(35)30-20-14-22(27)29-19-12-6-3-9-16(19)20/h2-14,24H,1H3,(H2,29,30,32,35). The van der Waals surface area contributed by atoms with Gasteiger partial charge in [-0.15, -0.1) is 0 Å². The van der Waals surface area contributed by atoms with E-state index in [1.54, 1.807) is 61.6 Å². The van der Waals surface area contributed by atoms with Gasteiger partial charge in [0.1, 0.15) is 11.0 Å². The first-order valence-corrected chi connectivity index (χ1v) is 11.1. The van der Waals surface area contributed by atoms with Crippen LogP contribution in [0.5, 0.6) is 0 Å². The van der Waals surface area contributed by atoms with Crippen molar-refractivity contribution in [2.24, 2.45) is 4.99 Å². The summed E-state index contributed by atoms with van der Waals surface area (Å²) >= 11 is 6.12. The lowest BCUT2D eigenvalue weighted by Gasteiger charge is -2.21. The smallest absolute Gasteiger partial charge is 0.311 e. The van der Waals surface area contributed by atoms with Crippen LogP contribution in [0.1, 0.15) is 11.1 Å². The van der Waals surface area contributed by atoms with Crippen LogP contribution in [0, 0.1) is 5.82 Å². The van der Waals surface area contributed by atoms with Gasteiger partial charge < -0.3 is 15.5 Å². The third-order valence-electron chi connectivity index (χ3n) is 5.67. The van der Waals surface area contributed by atoms with Crippen molar-refractivity contribution in [3.05, 3.63) is 101 Å². The topological polar surface area (TPSA) is 86.7 Å². The highest BCUT2D eigenvalue weighted by atomic mass is 35.5. The molecule has 2 heterocycles. The molecule has 1 unspecified atom stereocenters. The van der Waals surface area contributed by atoms with E-state index >= 15 is 0 Å². The molecule has 0 aliphatic carbocycles. The van der Waals surface area contributed by atoms with E-state index < -0.39 is 23.9 Å². The van der Waals surface area contributed by atoms with E-state index in [4.69, 9.17) is 11.6 Å². The van der Waals surface area contributed by atoms with Crippen LogP contribution in [0.3, 0.4) is 0 Å². The Labute approximate surface area is 205 Å². The Morgan fingerprint density at radius 3 is 2.49 bits per heavy atom. The number of benzodiazepines with no additional fused rings is 1. The van der Waals surface area contributed by atoms with Crippen molar-refractivity contribution in [1.29, 1.82) is 0 Å². The number of anilines is 2. The van der Waals surface area contributed by atoms with E-state index in [1.165, 1.54) is 17.0 Å². The van der Waals surface area contributed by atoms with Crippen molar-refractivity contribution < 1.29 is 14.0 Å². The van der Waals surface area contributed by atoms with E-state index in [0.29, 0.717) is 27.8 Å². The Kier molecular flexibility index (Phi) is 5.88. The van der Waals surface area contributed by atoms with Gasteiger partial charge in [-0.3, -0.25) is 4.79 Å². The van der Waals surface area contributed by atoms with Crippen LogP contribution in [-0.2, 0) is 4.79 Å². The molecule has 174 valence electrons. The second-order valence-corrected chi connectivity index (χ2v) is 8.27. The van der Waals surface area contributed by atoms with E-state index in [1.807, 2.05) is 12.1 Å². The lowest BCUT2D eigenvalue weighted by molar-refractivity contribution is -0.119. The second-order valence-electron chi connectivity index (χ2n) is 7.88. The molecule has 0 saturated carbocycles. The van der Waals surface area contributed by atoms with Gasteiger partial charge in [-0.05, 0) is 30.3 Å². The summed E-state index contributed by atoms with van der Waals surface area (Å²) in [6, 6.07) is 21.3. The molecule has 7 nitrogen and oxygen atoms in total. The number of aromatic nitrogens is 1. The molecule has 3 aromatic carbocycles. The normalized spacial score (nSPS) is 15.3. The second kappa shape index (κ2) is 9.15. The summed E-state index contributed by atoms with van der Waals surface area (Å²) in [4.78, 5) is 36.4. The first kappa shape index (κ1) is 22.5. The number of aliphatic imine (C=N–C) groups is 1. The molecule has 0 bridgehead atoms. The van der Waals surface area contributed by atoms with Crippen LogP contribution in [0.4, 0.5) is 20.6 Å². The van der Waals surface area contributed by atoms with Crippen LogP contribution < -0.4 is 15.5 Å². The van der Waals surface area contributed by atoms with E-state index in [0.717, 1.165) is 0 Å². The highest BCUT2D eigenvalue weighted by Gasteiger charge is 2.31. The number of carbonyl (C=O) groups is 2. The van der Waals surface area contributed by atoms with Crippen LogP contribution >= 0.6 is 11.6 Å². The number of halogens is 2. The van der Waals surface area contributed by atoms with Gasteiger partial charge in [0.2, 0.25) is 6.17 Å². The van der Waals surface area contributed by atoms with E-state index in [-0.39, 0.29) is 16.4 Å². The molecule has 0 radical (unpaired) electrons. The first-order valence-electron chi connectivity index (χ1n) is 10.7. The molecule has 9 heteroatoms. The highest BCUT2D eigenvalue weighted by Crippen LogP contribution is 2.28. The van der Waals surface area contributed by atoms with Gasteiger partial charge in [-0.25, -0.2) is 19.2 Å². The number of likely N-dealkylation sites (N-methyl/N-ethyl adjacent to an activating group) is 1. The minimum atomic E-state index is -1.30. The third-order valence-corrected chi connectivity index (χ3v) is 5.87. The predicted octanol–water partition coefficient (Wildman–Crippen LogP) is 4.99. The number of urea groups is 1. The first-order chi connectivity index (χ1) is 16.9. The molecule has 5 rings (SSSR count). The molecule has 0 fully saturated rings. The molecule has 1 aliphatic heterocycles. The summed E-state index contributed by atoms with van der Waals surface area (Å²) in [6.45, 7) is 0. The predicted molar refractivity (Wildman–Crippen MR) is 135 cm³/mol. The zero-order chi connectivity index (χ0) is 24.5. The molecule has 4 aromatic rings. The zero-order valence-electron chi connectivity index (χ0n) is 18.5. The van der Waals surface area contributed by atoms with Gasteiger partial charge in [0.25, 0.3) is 5.91 Å². The molecule has 0 saturated heterocycles. The molecule has 2 N–H and O–H groups in total. The molecule has 35 heavy (non-hydrogen) atoms. The molecule has 1 aromatic heterocycles. The van der Waals surface area contributed by atoms with Crippen LogP contribution in [0.2, 0.25) is 5.15 Å². The molecule has 1 atom stereocenters. The number of fused-ring (bicyclic) bond motifs is 2. The fraction of sp³-hybridized carbons (Fsp3) is 0.0769. The quantitative estimate of drug-likeness (QED) is 0.399. The summed E-state index contributed by atoms with van der Waals surface area (Å²) in [6.07, 6.45) is -1.30. The van der Waals surface area contributed by atoms with Crippen molar-refractivity contribution in [2.45, 2.75) is 6.17 Å². The van der Waals surface area contributed by atoms with Gasteiger partial charge in [0, 0.05) is 23.6 Å². The Balaban J connectivity index is 1.52. The minimum absolute atomic E-state index is 0.208. The average Bonchev–Trinajstić information content (AvgIpc) is 2.95. The number of hydrogen-bond donors (Lipinski definition) is 2. The number of nitrogens with zero attached hydrogens (tertiary/aromatic N) is 3. The van der Waals surface area contributed by atoms with E-state index in [9.17, 15) is 14.0 Å². The van der Waals surface area contributed by atoms with Gasteiger partial charge in [0.05, 0.1) is 22.6 Å². The Hall–Kier alpha value is -4.30. The minimum Gasteiger partial charge on any atom is -0.311 e. The monoisotopic (exact) mass is 487 g/mol. The Morgan fingerprint density at radius 1 is 1.00 bits per heavy atom. The molecule has 1 aliphatic rings. The summed E-state index contributed by atoms with van der Waals surface area (Å²) in [5, 5.41) is 6.23.